The number of fused-ring (bicyclic) bond motifs is 1. The van der Waals surface area contributed by atoms with Gasteiger partial charge in [0.15, 0.2) is 0 Å². The Balaban J connectivity index is 1.82. The topological polar surface area (TPSA) is 41.6 Å². The highest BCUT2D eigenvalue weighted by molar-refractivity contribution is 6.09. The van der Waals surface area contributed by atoms with Gasteiger partial charge in [0.25, 0.3) is 5.91 Å². The van der Waals surface area contributed by atoms with E-state index in [0.717, 1.165) is 30.3 Å². The molecule has 1 N–H and O–H groups in total. The van der Waals surface area contributed by atoms with E-state index in [4.69, 9.17) is 4.74 Å². The third kappa shape index (κ3) is 3.17. The van der Waals surface area contributed by atoms with Gasteiger partial charge in [-0.2, -0.15) is 0 Å². The van der Waals surface area contributed by atoms with E-state index in [1.807, 2.05) is 36.4 Å². The molecule has 0 saturated carbocycles. The molecule has 0 spiro atoms. The highest BCUT2D eigenvalue weighted by atomic mass is 16.5. The SMILES string of the molecule is CCN1CCC[C@H]1CNC(=O)c1c(OC)ccc2ccccc12. The number of amides is 1. The second-order valence-electron chi connectivity index (χ2n) is 6.00. The Morgan fingerprint density at radius 3 is 2.91 bits per heavy atom. The Labute approximate surface area is 137 Å². The summed E-state index contributed by atoms with van der Waals surface area (Å²) in [5, 5.41) is 5.10. The molecule has 1 aliphatic rings. The number of carbonyl (C=O) groups is 1. The van der Waals surface area contributed by atoms with Gasteiger partial charge in [0.05, 0.1) is 12.7 Å². The number of methoxy groups -OCH3 is 1. The first-order chi connectivity index (χ1) is 11.2. The quantitative estimate of drug-likeness (QED) is 0.922. The molecule has 1 atom stereocenters. The fourth-order valence-corrected chi connectivity index (χ4v) is 3.50. The van der Waals surface area contributed by atoms with Crippen molar-refractivity contribution in [3.63, 3.8) is 0 Å². The Bertz CT molecular complexity index is 699. The molecule has 4 nitrogen and oxygen atoms in total. The maximum absolute atomic E-state index is 12.8. The van der Waals surface area contributed by atoms with Crippen LogP contribution >= 0.6 is 0 Å². The van der Waals surface area contributed by atoms with Crippen LogP contribution in [0.2, 0.25) is 0 Å². The van der Waals surface area contributed by atoms with Crippen LogP contribution in [0.15, 0.2) is 36.4 Å². The van der Waals surface area contributed by atoms with Crippen molar-refractivity contribution in [2.75, 3.05) is 26.7 Å². The monoisotopic (exact) mass is 312 g/mol. The number of likely N-dealkylation sites (N-methyl/N-ethyl adjacent to an activating group) is 1. The molecule has 1 aliphatic heterocycles. The Morgan fingerprint density at radius 1 is 1.30 bits per heavy atom. The molecule has 1 amide bonds. The summed E-state index contributed by atoms with van der Waals surface area (Å²) in [6, 6.07) is 12.2. The summed E-state index contributed by atoms with van der Waals surface area (Å²) >= 11 is 0. The predicted octanol–water partition coefficient (Wildman–Crippen LogP) is 3.06. The first-order valence-electron chi connectivity index (χ1n) is 8.32. The molecule has 0 bridgehead atoms. The molecule has 1 heterocycles. The van der Waals surface area contributed by atoms with Crippen LogP contribution < -0.4 is 10.1 Å². The highest BCUT2D eigenvalue weighted by Gasteiger charge is 2.24. The van der Waals surface area contributed by atoms with Gasteiger partial charge in [-0.15, -0.1) is 0 Å². The number of nitrogens with one attached hydrogen (secondary N) is 1. The van der Waals surface area contributed by atoms with Gasteiger partial charge in [-0.05, 0) is 42.8 Å². The third-order valence-electron chi connectivity index (χ3n) is 4.74. The largest absolute Gasteiger partial charge is 0.496 e. The minimum absolute atomic E-state index is 0.0541. The van der Waals surface area contributed by atoms with Crippen LogP contribution in [0.3, 0.4) is 0 Å². The molecule has 3 rings (SSSR count). The van der Waals surface area contributed by atoms with Crippen LogP contribution in [0, 0.1) is 0 Å². The standard InChI is InChI=1S/C19H24N2O2/c1-3-21-12-6-8-15(21)13-20-19(22)18-16-9-5-4-7-14(16)10-11-17(18)23-2/h4-5,7,9-11,15H,3,6,8,12-13H2,1-2H3,(H,20,22)/t15-/m0/s1. The van der Waals surface area contributed by atoms with Crippen LogP contribution in [0.1, 0.15) is 30.1 Å². The van der Waals surface area contributed by atoms with Crippen molar-refractivity contribution in [1.29, 1.82) is 0 Å². The first kappa shape index (κ1) is 15.8. The molecule has 1 saturated heterocycles. The zero-order valence-electron chi connectivity index (χ0n) is 13.8. The highest BCUT2D eigenvalue weighted by Crippen LogP contribution is 2.28. The van der Waals surface area contributed by atoms with Crippen molar-refractivity contribution < 1.29 is 9.53 Å². The van der Waals surface area contributed by atoms with Gasteiger partial charge in [0, 0.05) is 12.6 Å². The molecule has 0 aliphatic carbocycles. The molecule has 0 aromatic heterocycles. The van der Waals surface area contributed by atoms with E-state index in [1.165, 1.54) is 6.42 Å². The zero-order valence-corrected chi connectivity index (χ0v) is 13.8. The van der Waals surface area contributed by atoms with Crippen LogP contribution in [-0.2, 0) is 0 Å². The minimum Gasteiger partial charge on any atom is -0.496 e. The molecule has 23 heavy (non-hydrogen) atoms. The molecule has 4 heteroatoms. The van der Waals surface area contributed by atoms with E-state index < -0.39 is 0 Å². The van der Waals surface area contributed by atoms with E-state index in [1.54, 1.807) is 7.11 Å². The number of hydrogen-bond acceptors (Lipinski definition) is 3. The van der Waals surface area contributed by atoms with Crippen molar-refractivity contribution in [1.82, 2.24) is 10.2 Å². The molecular weight excluding hydrogens is 288 g/mol. The van der Waals surface area contributed by atoms with Crippen LogP contribution in [0.25, 0.3) is 10.8 Å². The average Bonchev–Trinajstić information content (AvgIpc) is 3.06. The van der Waals surface area contributed by atoms with Gasteiger partial charge in [-0.1, -0.05) is 37.3 Å². The summed E-state index contributed by atoms with van der Waals surface area (Å²) in [7, 11) is 1.61. The second kappa shape index (κ2) is 7.01. The van der Waals surface area contributed by atoms with Gasteiger partial charge in [-0.25, -0.2) is 0 Å². The number of carbonyl (C=O) groups excluding carboxylic acids is 1. The molecule has 1 fully saturated rings. The van der Waals surface area contributed by atoms with Crippen molar-refractivity contribution in [3.8, 4) is 5.75 Å². The lowest BCUT2D eigenvalue weighted by Gasteiger charge is -2.23. The lowest BCUT2D eigenvalue weighted by Crippen LogP contribution is -2.40. The van der Waals surface area contributed by atoms with Gasteiger partial charge < -0.3 is 10.1 Å². The van der Waals surface area contributed by atoms with Crippen molar-refractivity contribution in [2.24, 2.45) is 0 Å². The summed E-state index contributed by atoms with van der Waals surface area (Å²) in [6.45, 7) is 5.04. The maximum Gasteiger partial charge on any atom is 0.255 e. The fraction of sp³-hybridized carbons (Fsp3) is 0.421. The molecule has 122 valence electrons. The number of likely N-dealkylation sites (tertiary alicyclic amines) is 1. The molecule has 0 radical (unpaired) electrons. The lowest BCUT2D eigenvalue weighted by atomic mass is 10.0. The van der Waals surface area contributed by atoms with Gasteiger partial charge in [0.1, 0.15) is 5.75 Å². The summed E-state index contributed by atoms with van der Waals surface area (Å²) in [5.74, 6) is 0.571. The summed E-state index contributed by atoms with van der Waals surface area (Å²) < 4.78 is 5.42. The average molecular weight is 312 g/mol. The first-order valence-corrected chi connectivity index (χ1v) is 8.32. The smallest absolute Gasteiger partial charge is 0.255 e. The van der Waals surface area contributed by atoms with E-state index in [0.29, 0.717) is 23.9 Å². The molecule has 0 unspecified atom stereocenters. The van der Waals surface area contributed by atoms with Crippen LogP contribution in [0.4, 0.5) is 0 Å². The maximum atomic E-state index is 12.8. The van der Waals surface area contributed by atoms with Crippen molar-refractivity contribution in [2.45, 2.75) is 25.8 Å². The van der Waals surface area contributed by atoms with Gasteiger partial charge in [-0.3, -0.25) is 9.69 Å². The number of ether oxygens (including phenoxy) is 1. The molecular formula is C19H24N2O2. The van der Waals surface area contributed by atoms with Crippen molar-refractivity contribution >= 4 is 16.7 Å². The zero-order chi connectivity index (χ0) is 16.2. The second-order valence-corrected chi connectivity index (χ2v) is 6.00. The van der Waals surface area contributed by atoms with E-state index in [-0.39, 0.29) is 5.91 Å². The molecule has 2 aromatic carbocycles. The van der Waals surface area contributed by atoms with Gasteiger partial charge >= 0.3 is 0 Å². The minimum atomic E-state index is -0.0541. The number of nitrogens with zero attached hydrogens (tertiary/aromatic N) is 1. The van der Waals surface area contributed by atoms with Crippen molar-refractivity contribution in [3.05, 3.63) is 42.0 Å². The van der Waals surface area contributed by atoms with E-state index >= 15 is 0 Å². The number of hydrogen-bond donors (Lipinski definition) is 1. The summed E-state index contributed by atoms with van der Waals surface area (Å²) in [5.41, 5.74) is 0.631. The van der Waals surface area contributed by atoms with Crippen LogP contribution in [-0.4, -0.2) is 43.6 Å². The number of rotatable bonds is 5. The lowest BCUT2D eigenvalue weighted by molar-refractivity contribution is 0.0940. The third-order valence-corrected chi connectivity index (χ3v) is 4.74. The number of benzene rings is 2. The van der Waals surface area contributed by atoms with Gasteiger partial charge in [0.2, 0.25) is 0 Å². The van der Waals surface area contributed by atoms with E-state index in [9.17, 15) is 4.79 Å². The van der Waals surface area contributed by atoms with Crippen LogP contribution in [0.5, 0.6) is 5.75 Å². The predicted molar refractivity (Wildman–Crippen MR) is 93.1 cm³/mol. The Morgan fingerprint density at radius 2 is 2.13 bits per heavy atom. The Hall–Kier alpha value is -2.07. The normalized spacial score (nSPS) is 18.3. The van der Waals surface area contributed by atoms with E-state index in [2.05, 4.69) is 17.1 Å². The summed E-state index contributed by atoms with van der Waals surface area (Å²) in [6.07, 6.45) is 2.37. The Kier molecular flexibility index (Phi) is 4.82. The molecule has 2 aromatic rings. The fourth-order valence-electron chi connectivity index (χ4n) is 3.50. The summed E-state index contributed by atoms with van der Waals surface area (Å²) in [4.78, 5) is 15.2.